The van der Waals surface area contributed by atoms with Crippen molar-refractivity contribution in [1.29, 1.82) is 10.5 Å². The molecule has 0 unspecified atom stereocenters. The fourth-order valence-corrected chi connectivity index (χ4v) is 7.02. The van der Waals surface area contributed by atoms with Crippen LogP contribution in [0, 0.1) is 28.6 Å². The van der Waals surface area contributed by atoms with Gasteiger partial charge in [0, 0.05) is 28.1 Å². The Bertz CT molecular complexity index is 1790. The molecule has 0 radical (unpaired) electrons. The van der Waals surface area contributed by atoms with Gasteiger partial charge in [0.05, 0.1) is 11.0 Å². The molecule has 0 bridgehead atoms. The van der Waals surface area contributed by atoms with Crippen LogP contribution in [0.25, 0.3) is 22.0 Å². The standard InChI is InChI=1S/C34H26N4/c35-21-25(22-36)28-19-32-33(27-16-8-7-15-26(27)28)37-34-18-10-9-17-30(34)29(23-11-3-1-4-12-23)20-31(38(32)34)24-13-5-2-6-14-24/h1-8,11-16,19-20,29-30H,9-10,17-18H2/t29-,30-,34-/m0/s1. The Balaban J connectivity index is 1.60. The zero-order valence-electron chi connectivity index (χ0n) is 21.0. The molecule has 3 aliphatic rings. The van der Waals surface area contributed by atoms with Crippen molar-refractivity contribution >= 4 is 27.7 Å². The lowest BCUT2D eigenvalue weighted by atomic mass is 9.66. The molecular weight excluding hydrogens is 464 g/mol. The molecule has 2 aliphatic heterocycles. The van der Waals surface area contributed by atoms with Crippen LogP contribution in [0.5, 0.6) is 0 Å². The number of nitriles is 2. The smallest absolute Gasteiger partial charge is 0.140 e. The van der Waals surface area contributed by atoms with Crippen LogP contribution in [0.15, 0.2) is 102 Å². The van der Waals surface area contributed by atoms with E-state index in [2.05, 4.69) is 89.8 Å². The normalized spacial score (nSPS) is 23.2. The van der Waals surface area contributed by atoms with Crippen molar-refractivity contribution in [3.8, 4) is 12.1 Å². The Morgan fingerprint density at radius 1 is 0.842 bits per heavy atom. The van der Waals surface area contributed by atoms with Crippen molar-refractivity contribution in [3.63, 3.8) is 0 Å². The van der Waals surface area contributed by atoms with E-state index in [0.717, 1.165) is 52.3 Å². The van der Waals surface area contributed by atoms with E-state index in [9.17, 15) is 10.5 Å². The lowest BCUT2D eigenvalue weighted by Gasteiger charge is -2.53. The Morgan fingerprint density at radius 2 is 1.53 bits per heavy atom. The van der Waals surface area contributed by atoms with Gasteiger partial charge in [0.1, 0.15) is 23.4 Å². The summed E-state index contributed by atoms with van der Waals surface area (Å²) in [5.74, 6) is 0.559. The molecule has 0 saturated heterocycles. The number of allylic oxidation sites excluding steroid dienone is 1. The third-order valence-corrected chi connectivity index (χ3v) is 8.59. The van der Waals surface area contributed by atoms with Gasteiger partial charge in [-0.05, 0) is 41.8 Å². The first kappa shape index (κ1) is 22.5. The van der Waals surface area contributed by atoms with Gasteiger partial charge in [0.25, 0.3) is 0 Å². The SMILES string of the molecule is N#CC(C#N)=c1cc2c(c3ccccc13)=N[C@]13CCCC[C@H]1[C@H](c1ccccc1)C=C(c1ccccc1)N23. The van der Waals surface area contributed by atoms with E-state index in [4.69, 9.17) is 4.99 Å². The van der Waals surface area contributed by atoms with E-state index in [1.165, 1.54) is 12.0 Å². The summed E-state index contributed by atoms with van der Waals surface area (Å²) in [4.78, 5) is 8.13. The molecule has 7 rings (SSSR count). The molecule has 1 aliphatic carbocycles. The van der Waals surface area contributed by atoms with E-state index in [1.54, 1.807) is 0 Å². The Hall–Kier alpha value is -4.67. The molecule has 3 atom stereocenters. The molecule has 182 valence electrons. The van der Waals surface area contributed by atoms with Crippen LogP contribution in [0.1, 0.15) is 42.7 Å². The average Bonchev–Trinajstić information content (AvgIpc) is 3.32. The Kier molecular flexibility index (Phi) is 5.17. The number of hydrogen-bond donors (Lipinski definition) is 0. The quantitative estimate of drug-likeness (QED) is 0.336. The molecule has 4 aromatic carbocycles. The minimum atomic E-state index is -0.415. The van der Waals surface area contributed by atoms with Crippen molar-refractivity contribution in [2.24, 2.45) is 10.9 Å². The van der Waals surface area contributed by atoms with Crippen LogP contribution in [0.2, 0.25) is 0 Å². The highest BCUT2D eigenvalue weighted by molar-refractivity contribution is 5.95. The zero-order valence-corrected chi connectivity index (χ0v) is 21.0. The van der Waals surface area contributed by atoms with Crippen molar-refractivity contribution in [1.82, 2.24) is 0 Å². The predicted octanol–water partition coefficient (Wildman–Crippen LogP) is 6.20. The third kappa shape index (κ3) is 3.17. The molecule has 0 N–H and O–H groups in total. The van der Waals surface area contributed by atoms with Crippen molar-refractivity contribution in [2.45, 2.75) is 37.3 Å². The maximum absolute atomic E-state index is 9.84. The second kappa shape index (κ2) is 8.72. The van der Waals surface area contributed by atoms with Gasteiger partial charge in [-0.25, -0.2) is 0 Å². The average molecular weight is 491 g/mol. The molecule has 1 saturated carbocycles. The number of fused-ring (bicyclic) bond motifs is 4. The highest BCUT2D eigenvalue weighted by Crippen LogP contribution is 2.56. The molecule has 4 heteroatoms. The first-order valence-corrected chi connectivity index (χ1v) is 13.3. The molecule has 4 aromatic rings. The van der Waals surface area contributed by atoms with Crippen molar-refractivity contribution in [2.75, 3.05) is 4.90 Å². The van der Waals surface area contributed by atoms with Crippen molar-refractivity contribution in [3.05, 3.63) is 119 Å². The Morgan fingerprint density at radius 3 is 2.26 bits per heavy atom. The number of anilines is 1. The summed E-state index contributed by atoms with van der Waals surface area (Å²) in [7, 11) is 0. The lowest BCUT2D eigenvalue weighted by Crippen LogP contribution is -2.55. The van der Waals surface area contributed by atoms with Crippen LogP contribution in [0.4, 0.5) is 5.69 Å². The van der Waals surface area contributed by atoms with Gasteiger partial charge in [-0.2, -0.15) is 10.5 Å². The zero-order chi connectivity index (χ0) is 25.7. The number of rotatable bonds is 2. The maximum Gasteiger partial charge on any atom is 0.140 e. The summed E-state index contributed by atoms with van der Waals surface area (Å²) >= 11 is 0. The summed E-state index contributed by atoms with van der Waals surface area (Å²) < 4.78 is 0. The summed E-state index contributed by atoms with van der Waals surface area (Å²) in [5, 5.41) is 23.2. The topological polar surface area (TPSA) is 63.2 Å². The molecular formula is C34H26N4. The van der Waals surface area contributed by atoms with Gasteiger partial charge in [-0.3, -0.25) is 4.99 Å². The summed E-state index contributed by atoms with van der Waals surface area (Å²) in [6, 6.07) is 35.8. The number of hydrogen-bond acceptors (Lipinski definition) is 4. The lowest BCUT2D eigenvalue weighted by molar-refractivity contribution is 0.176. The van der Waals surface area contributed by atoms with Gasteiger partial charge in [-0.1, -0.05) is 97.4 Å². The monoisotopic (exact) mass is 490 g/mol. The molecule has 38 heavy (non-hydrogen) atoms. The summed E-state index contributed by atoms with van der Waals surface area (Å²) in [6.07, 6.45) is 6.82. The van der Waals surface area contributed by atoms with E-state index in [-0.39, 0.29) is 11.5 Å². The van der Waals surface area contributed by atoms with E-state index >= 15 is 0 Å². The van der Waals surface area contributed by atoms with E-state index in [1.807, 2.05) is 24.3 Å². The van der Waals surface area contributed by atoms with Gasteiger partial charge in [0.15, 0.2) is 0 Å². The predicted molar refractivity (Wildman–Crippen MR) is 150 cm³/mol. The molecule has 0 amide bonds. The molecule has 4 nitrogen and oxygen atoms in total. The Labute approximate surface area is 222 Å². The highest BCUT2D eigenvalue weighted by atomic mass is 15.4. The maximum atomic E-state index is 9.84. The molecule has 1 fully saturated rings. The van der Waals surface area contributed by atoms with Crippen LogP contribution in [0.3, 0.4) is 0 Å². The van der Waals surface area contributed by atoms with E-state index < -0.39 is 5.66 Å². The second-order valence-corrected chi connectivity index (χ2v) is 10.5. The van der Waals surface area contributed by atoms with Crippen LogP contribution >= 0.6 is 0 Å². The molecule has 2 heterocycles. The van der Waals surface area contributed by atoms with Gasteiger partial charge < -0.3 is 4.90 Å². The molecule has 0 aromatic heterocycles. The van der Waals surface area contributed by atoms with Gasteiger partial charge in [-0.15, -0.1) is 0 Å². The first-order chi connectivity index (χ1) is 18.7. The van der Waals surface area contributed by atoms with E-state index in [0.29, 0.717) is 11.1 Å². The first-order valence-electron chi connectivity index (χ1n) is 13.3. The van der Waals surface area contributed by atoms with Crippen LogP contribution in [-0.4, -0.2) is 5.66 Å². The molecule has 1 spiro atoms. The van der Waals surface area contributed by atoms with Crippen LogP contribution in [-0.2, 0) is 0 Å². The van der Waals surface area contributed by atoms with Gasteiger partial charge >= 0.3 is 0 Å². The fourth-order valence-electron chi connectivity index (χ4n) is 7.02. The second-order valence-electron chi connectivity index (χ2n) is 10.5. The highest BCUT2D eigenvalue weighted by Gasteiger charge is 2.55. The third-order valence-electron chi connectivity index (χ3n) is 8.59. The summed E-state index contributed by atoms with van der Waals surface area (Å²) in [5.41, 5.74) is 4.34. The minimum absolute atomic E-state index is 0.134. The van der Waals surface area contributed by atoms with Crippen LogP contribution < -0.4 is 15.5 Å². The van der Waals surface area contributed by atoms with Crippen molar-refractivity contribution < 1.29 is 0 Å². The van der Waals surface area contributed by atoms with Gasteiger partial charge in [0.2, 0.25) is 0 Å². The summed E-state index contributed by atoms with van der Waals surface area (Å²) in [6.45, 7) is 0. The number of nitrogens with zero attached hydrogens (tertiary/aromatic N) is 4. The number of benzene rings is 4. The minimum Gasteiger partial charge on any atom is -0.314 e. The fraction of sp³-hybridized carbons (Fsp3) is 0.206. The largest absolute Gasteiger partial charge is 0.314 e.